The quantitative estimate of drug-likeness (QED) is 0.345. The minimum absolute atomic E-state index is 0.0551. The Bertz CT molecular complexity index is 509. The first-order valence-corrected chi connectivity index (χ1v) is 6.04. The second-order valence-electron chi connectivity index (χ2n) is 4.12. The summed E-state index contributed by atoms with van der Waals surface area (Å²) in [6, 6.07) is 4.37. The molecular weight excluding hydrogens is 305 g/mol. The molecule has 0 spiro atoms. The zero-order chi connectivity index (χ0) is 13.3. The number of rotatable bonds is 3. The molecule has 5 nitrogen and oxygen atoms in total. The van der Waals surface area contributed by atoms with E-state index in [9.17, 15) is 9.18 Å². The van der Waals surface area contributed by atoms with E-state index in [-0.39, 0.29) is 11.5 Å². The summed E-state index contributed by atoms with van der Waals surface area (Å²) < 4.78 is 14.0. The highest BCUT2D eigenvalue weighted by Gasteiger charge is 2.54. The molecule has 2 rings (SSSR count). The molecule has 0 heterocycles. The zero-order valence-corrected chi connectivity index (χ0v) is 10.9. The van der Waals surface area contributed by atoms with Gasteiger partial charge in [-0.1, -0.05) is 11.2 Å². The van der Waals surface area contributed by atoms with Crippen molar-refractivity contribution in [3.63, 3.8) is 0 Å². The van der Waals surface area contributed by atoms with Crippen LogP contribution < -0.4 is 11.1 Å². The maximum absolute atomic E-state index is 13.5. The van der Waals surface area contributed by atoms with Crippen LogP contribution in [0.1, 0.15) is 12.8 Å². The van der Waals surface area contributed by atoms with Crippen LogP contribution in [0, 0.1) is 11.2 Å². The zero-order valence-electron chi connectivity index (χ0n) is 9.28. The number of halogens is 2. The topological polar surface area (TPSA) is 87.7 Å². The van der Waals surface area contributed by atoms with Crippen LogP contribution in [-0.4, -0.2) is 17.0 Å². The summed E-state index contributed by atoms with van der Waals surface area (Å²) in [5.74, 6) is -1.16. The van der Waals surface area contributed by atoms with Crippen LogP contribution >= 0.6 is 15.9 Å². The lowest BCUT2D eigenvalue weighted by atomic mass is 10.1. The standard InChI is InChI=1S/C11H11BrFN3O2/c12-6-2-1-3-7(13)8(6)15-10(17)11(4-5-11)9(14)16-18/h1-3,18H,4-5H2,(H2,14,16)(H,15,17). The fourth-order valence-corrected chi connectivity index (χ4v) is 2.11. The molecule has 4 N–H and O–H groups in total. The molecule has 1 aliphatic carbocycles. The Balaban J connectivity index is 2.23. The summed E-state index contributed by atoms with van der Waals surface area (Å²) in [4.78, 5) is 12.0. The Labute approximate surface area is 111 Å². The van der Waals surface area contributed by atoms with Crippen molar-refractivity contribution >= 4 is 33.4 Å². The summed E-state index contributed by atoms with van der Waals surface area (Å²) in [5, 5.41) is 14.0. The Morgan fingerprint density at radius 3 is 2.72 bits per heavy atom. The second-order valence-corrected chi connectivity index (χ2v) is 4.97. The van der Waals surface area contributed by atoms with Crippen molar-refractivity contribution in [2.24, 2.45) is 16.3 Å². The number of para-hydroxylation sites is 1. The number of hydrogen-bond donors (Lipinski definition) is 3. The summed E-state index contributed by atoms with van der Waals surface area (Å²) in [6.07, 6.45) is 0.974. The van der Waals surface area contributed by atoms with E-state index in [1.165, 1.54) is 12.1 Å². The summed E-state index contributed by atoms with van der Waals surface area (Å²) in [7, 11) is 0. The van der Waals surface area contributed by atoms with Gasteiger partial charge < -0.3 is 16.3 Å². The molecule has 18 heavy (non-hydrogen) atoms. The van der Waals surface area contributed by atoms with Gasteiger partial charge in [0.2, 0.25) is 5.91 Å². The molecule has 1 amide bonds. The van der Waals surface area contributed by atoms with E-state index in [1.54, 1.807) is 6.07 Å². The third-order valence-corrected chi connectivity index (χ3v) is 3.64. The van der Waals surface area contributed by atoms with Crippen LogP contribution in [0.4, 0.5) is 10.1 Å². The molecule has 0 radical (unpaired) electrons. The van der Waals surface area contributed by atoms with Gasteiger partial charge >= 0.3 is 0 Å². The molecule has 1 aromatic rings. The normalized spacial score (nSPS) is 17.3. The average Bonchev–Trinajstić information content (AvgIpc) is 3.14. The van der Waals surface area contributed by atoms with Crippen molar-refractivity contribution in [3.8, 4) is 0 Å². The summed E-state index contributed by atoms with van der Waals surface area (Å²) >= 11 is 3.15. The van der Waals surface area contributed by atoms with Gasteiger partial charge in [-0.25, -0.2) is 4.39 Å². The summed E-state index contributed by atoms with van der Waals surface area (Å²) in [5.41, 5.74) is 4.53. The van der Waals surface area contributed by atoms with Crippen LogP contribution in [0.15, 0.2) is 27.8 Å². The lowest BCUT2D eigenvalue weighted by Crippen LogP contribution is -2.36. The molecule has 0 saturated heterocycles. The molecule has 96 valence electrons. The third-order valence-electron chi connectivity index (χ3n) is 2.98. The number of nitrogens with zero attached hydrogens (tertiary/aromatic N) is 1. The van der Waals surface area contributed by atoms with Crippen molar-refractivity contribution in [1.82, 2.24) is 0 Å². The fraction of sp³-hybridized carbons (Fsp3) is 0.273. The summed E-state index contributed by atoms with van der Waals surface area (Å²) in [6.45, 7) is 0. The maximum atomic E-state index is 13.5. The van der Waals surface area contributed by atoms with Crippen molar-refractivity contribution in [1.29, 1.82) is 0 Å². The lowest BCUT2D eigenvalue weighted by molar-refractivity contribution is -0.119. The van der Waals surface area contributed by atoms with Gasteiger partial charge in [-0.15, -0.1) is 0 Å². The molecule has 1 aromatic carbocycles. The molecule has 0 aromatic heterocycles. The Kier molecular flexibility index (Phi) is 3.25. The molecule has 1 fully saturated rings. The van der Waals surface area contributed by atoms with E-state index in [2.05, 4.69) is 26.4 Å². The van der Waals surface area contributed by atoms with Gasteiger partial charge in [-0.2, -0.15) is 0 Å². The highest BCUT2D eigenvalue weighted by Crippen LogP contribution is 2.47. The number of anilines is 1. The molecule has 7 heteroatoms. The highest BCUT2D eigenvalue weighted by molar-refractivity contribution is 9.10. The minimum atomic E-state index is -1.00. The molecule has 0 unspecified atom stereocenters. The largest absolute Gasteiger partial charge is 0.409 e. The van der Waals surface area contributed by atoms with Crippen LogP contribution in [0.25, 0.3) is 0 Å². The molecular formula is C11H11BrFN3O2. The van der Waals surface area contributed by atoms with Gasteiger partial charge in [0.1, 0.15) is 11.2 Å². The Morgan fingerprint density at radius 2 is 2.22 bits per heavy atom. The minimum Gasteiger partial charge on any atom is -0.409 e. The number of nitrogens with two attached hydrogens (primary N) is 1. The van der Waals surface area contributed by atoms with Gasteiger partial charge in [0.25, 0.3) is 0 Å². The van der Waals surface area contributed by atoms with Gasteiger partial charge in [0.05, 0.1) is 5.69 Å². The fourth-order valence-electron chi connectivity index (χ4n) is 1.67. The number of nitrogens with one attached hydrogen (secondary N) is 1. The van der Waals surface area contributed by atoms with Crippen LogP contribution in [0.5, 0.6) is 0 Å². The molecule has 0 bridgehead atoms. The van der Waals surface area contributed by atoms with Crippen molar-refractivity contribution < 1.29 is 14.4 Å². The number of amides is 1. The van der Waals surface area contributed by atoms with E-state index in [0.717, 1.165) is 0 Å². The second kappa shape index (κ2) is 4.56. The van der Waals surface area contributed by atoms with Gasteiger partial charge in [0.15, 0.2) is 5.84 Å². The number of oxime groups is 1. The molecule has 1 aliphatic rings. The maximum Gasteiger partial charge on any atom is 0.238 e. The van der Waals surface area contributed by atoms with Gasteiger partial charge in [0, 0.05) is 4.47 Å². The van der Waals surface area contributed by atoms with Crippen LogP contribution in [0.3, 0.4) is 0 Å². The lowest BCUT2D eigenvalue weighted by Gasteiger charge is -2.14. The SMILES string of the molecule is N/C(=N/O)C1(C(=O)Nc2c(F)cccc2Br)CC1. The molecule has 0 atom stereocenters. The first kappa shape index (κ1) is 12.8. The number of hydrogen-bond acceptors (Lipinski definition) is 3. The predicted octanol–water partition coefficient (Wildman–Crippen LogP) is 2.05. The smallest absolute Gasteiger partial charge is 0.238 e. The van der Waals surface area contributed by atoms with Gasteiger partial charge in [-0.05, 0) is 40.9 Å². The highest BCUT2D eigenvalue weighted by atomic mass is 79.9. The Morgan fingerprint density at radius 1 is 1.56 bits per heavy atom. The van der Waals surface area contributed by atoms with Crippen molar-refractivity contribution in [2.75, 3.05) is 5.32 Å². The number of carbonyl (C=O) groups is 1. The third kappa shape index (κ3) is 2.05. The monoisotopic (exact) mass is 315 g/mol. The van der Waals surface area contributed by atoms with Crippen molar-refractivity contribution in [2.45, 2.75) is 12.8 Å². The van der Waals surface area contributed by atoms with Gasteiger partial charge in [-0.3, -0.25) is 4.79 Å². The van der Waals surface area contributed by atoms with E-state index in [0.29, 0.717) is 17.3 Å². The van der Waals surface area contributed by atoms with E-state index >= 15 is 0 Å². The Hall–Kier alpha value is -1.63. The van der Waals surface area contributed by atoms with Crippen molar-refractivity contribution in [3.05, 3.63) is 28.5 Å². The predicted molar refractivity (Wildman–Crippen MR) is 67.8 cm³/mol. The molecule has 0 aliphatic heterocycles. The van der Waals surface area contributed by atoms with E-state index < -0.39 is 17.1 Å². The van der Waals surface area contributed by atoms with E-state index in [4.69, 9.17) is 10.9 Å². The number of carbonyl (C=O) groups excluding carboxylic acids is 1. The first-order valence-electron chi connectivity index (χ1n) is 5.25. The number of amidine groups is 1. The van der Waals surface area contributed by atoms with Crippen LogP contribution in [-0.2, 0) is 4.79 Å². The average molecular weight is 316 g/mol. The first-order chi connectivity index (χ1) is 8.51. The number of benzene rings is 1. The van der Waals surface area contributed by atoms with Crippen LogP contribution in [0.2, 0.25) is 0 Å². The molecule has 1 saturated carbocycles. The van der Waals surface area contributed by atoms with E-state index in [1.807, 2.05) is 0 Å².